The van der Waals surface area contributed by atoms with E-state index in [4.69, 9.17) is 17.3 Å². The van der Waals surface area contributed by atoms with Crippen LogP contribution < -0.4 is 10.6 Å². The Morgan fingerprint density at radius 3 is 2.81 bits per heavy atom. The maximum atomic E-state index is 13.6. The highest BCUT2D eigenvalue weighted by molar-refractivity contribution is 6.30. The Morgan fingerprint density at radius 1 is 1.24 bits per heavy atom. The molecule has 0 amide bonds. The van der Waals surface area contributed by atoms with Gasteiger partial charge in [0, 0.05) is 29.0 Å². The van der Waals surface area contributed by atoms with Crippen LogP contribution in [0.3, 0.4) is 0 Å². The topological polar surface area (TPSA) is 29.3 Å². The summed E-state index contributed by atoms with van der Waals surface area (Å²) in [6.07, 6.45) is 1.69. The fourth-order valence-corrected chi connectivity index (χ4v) is 3.08. The number of hydrogen-bond donors (Lipinski definition) is 1. The molecule has 2 aromatic rings. The first-order valence-corrected chi connectivity index (χ1v) is 7.52. The third-order valence-corrected chi connectivity index (χ3v) is 4.06. The van der Waals surface area contributed by atoms with Crippen molar-refractivity contribution in [3.63, 3.8) is 0 Å². The molecule has 1 atom stereocenters. The molecular formula is C17H18ClFN2. The summed E-state index contributed by atoms with van der Waals surface area (Å²) in [6, 6.07) is 10.9. The van der Waals surface area contributed by atoms with Gasteiger partial charge in [-0.2, -0.15) is 0 Å². The van der Waals surface area contributed by atoms with Gasteiger partial charge in [0.1, 0.15) is 5.82 Å². The molecular weight excluding hydrogens is 287 g/mol. The molecule has 0 bridgehead atoms. The van der Waals surface area contributed by atoms with Gasteiger partial charge in [-0.05, 0) is 55.2 Å². The SMILES string of the molecule is CC(N)Cc1ccc(Cl)cc1N1CCc2ccc(F)cc21. The van der Waals surface area contributed by atoms with Crippen LogP contribution in [0.4, 0.5) is 15.8 Å². The van der Waals surface area contributed by atoms with Gasteiger partial charge in [-0.3, -0.25) is 0 Å². The molecule has 0 spiro atoms. The van der Waals surface area contributed by atoms with Crippen LogP contribution in [0.1, 0.15) is 18.1 Å². The number of fused-ring (bicyclic) bond motifs is 1. The summed E-state index contributed by atoms with van der Waals surface area (Å²) in [7, 11) is 0. The van der Waals surface area contributed by atoms with Gasteiger partial charge in [0.15, 0.2) is 0 Å². The number of nitrogens with two attached hydrogens (primary N) is 1. The van der Waals surface area contributed by atoms with Gasteiger partial charge >= 0.3 is 0 Å². The maximum absolute atomic E-state index is 13.6. The Labute approximate surface area is 129 Å². The third-order valence-electron chi connectivity index (χ3n) is 3.82. The molecule has 1 aliphatic rings. The Bertz CT molecular complexity index is 670. The number of hydrogen-bond acceptors (Lipinski definition) is 2. The van der Waals surface area contributed by atoms with E-state index in [9.17, 15) is 4.39 Å². The van der Waals surface area contributed by atoms with Crippen molar-refractivity contribution in [3.8, 4) is 0 Å². The molecule has 1 unspecified atom stereocenters. The molecule has 0 saturated heterocycles. The maximum Gasteiger partial charge on any atom is 0.125 e. The summed E-state index contributed by atoms with van der Waals surface area (Å²) in [5.41, 5.74) is 10.2. The summed E-state index contributed by atoms with van der Waals surface area (Å²) in [5.74, 6) is -0.212. The Hall–Kier alpha value is -1.58. The summed E-state index contributed by atoms with van der Waals surface area (Å²) in [6.45, 7) is 2.82. The normalized spacial score (nSPS) is 15.1. The lowest BCUT2D eigenvalue weighted by atomic mass is 10.0. The number of nitrogens with zero attached hydrogens (tertiary/aromatic N) is 1. The highest BCUT2D eigenvalue weighted by atomic mass is 35.5. The second-order valence-electron chi connectivity index (χ2n) is 5.63. The first-order valence-electron chi connectivity index (χ1n) is 7.14. The van der Waals surface area contributed by atoms with E-state index in [2.05, 4.69) is 4.90 Å². The molecule has 2 aromatic carbocycles. The minimum Gasteiger partial charge on any atom is -0.341 e. The van der Waals surface area contributed by atoms with E-state index in [1.807, 2.05) is 31.2 Å². The van der Waals surface area contributed by atoms with Gasteiger partial charge in [-0.15, -0.1) is 0 Å². The number of halogens is 2. The molecule has 0 radical (unpaired) electrons. The number of rotatable bonds is 3. The van der Waals surface area contributed by atoms with Crippen molar-refractivity contribution < 1.29 is 4.39 Å². The molecule has 4 heteroatoms. The van der Waals surface area contributed by atoms with E-state index < -0.39 is 0 Å². The average Bonchev–Trinajstić information content (AvgIpc) is 2.83. The van der Waals surface area contributed by atoms with Crippen LogP contribution in [-0.2, 0) is 12.8 Å². The first-order chi connectivity index (χ1) is 10.0. The third kappa shape index (κ3) is 2.89. The van der Waals surface area contributed by atoms with E-state index in [1.54, 1.807) is 6.07 Å². The Balaban J connectivity index is 2.06. The highest BCUT2D eigenvalue weighted by Crippen LogP contribution is 2.38. The monoisotopic (exact) mass is 304 g/mol. The predicted molar refractivity (Wildman–Crippen MR) is 85.9 cm³/mol. The van der Waals surface area contributed by atoms with Crippen LogP contribution in [-0.4, -0.2) is 12.6 Å². The molecule has 110 valence electrons. The first kappa shape index (κ1) is 14.4. The van der Waals surface area contributed by atoms with Gasteiger partial charge < -0.3 is 10.6 Å². The Kier molecular flexibility index (Phi) is 3.87. The van der Waals surface area contributed by atoms with E-state index in [0.717, 1.165) is 36.3 Å². The van der Waals surface area contributed by atoms with Crippen molar-refractivity contribution in [2.45, 2.75) is 25.8 Å². The molecule has 0 saturated carbocycles. The molecule has 1 aliphatic heterocycles. The van der Waals surface area contributed by atoms with Crippen molar-refractivity contribution in [2.75, 3.05) is 11.4 Å². The van der Waals surface area contributed by atoms with Crippen molar-refractivity contribution in [1.29, 1.82) is 0 Å². The van der Waals surface area contributed by atoms with Crippen molar-refractivity contribution in [1.82, 2.24) is 0 Å². The van der Waals surface area contributed by atoms with Crippen LogP contribution in [0.25, 0.3) is 0 Å². The van der Waals surface area contributed by atoms with Gasteiger partial charge in [0.25, 0.3) is 0 Å². The average molecular weight is 305 g/mol. The summed E-state index contributed by atoms with van der Waals surface area (Å²) < 4.78 is 13.6. The minimum atomic E-state index is -0.212. The van der Waals surface area contributed by atoms with Crippen LogP contribution in [0.5, 0.6) is 0 Å². The van der Waals surface area contributed by atoms with Crippen LogP contribution in [0.15, 0.2) is 36.4 Å². The zero-order valence-electron chi connectivity index (χ0n) is 11.9. The lowest BCUT2D eigenvalue weighted by molar-refractivity contribution is 0.628. The molecule has 21 heavy (non-hydrogen) atoms. The fraction of sp³-hybridized carbons (Fsp3) is 0.294. The fourth-order valence-electron chi connectivity index (χ4n) is 2.91. The smallest absolute Gasteiger partial charge is 0.125 e. The van der Waals surface area contributed by atoms with Crippen LogP contribution in [0.2, 0.25) is 5.02 Å². The zero-order valence-corrected chi connectivity index (χ0v) is 12.7. The summed E-state index contributed by atoms with van der Waals surface area (Å²) in [5, 5.41) is 0.684. The molecule has 0 aromatic heterocycles. The largest absolute Gasteiger partial charge is 0.341 e. The lowest BCUT2D eigenvalue weighted by Gasteiger charge is -2.24. The predicted octanol–water partition coefficient (Wildman–Crippen LogP) is 4.06. The van der Waals surface area contributed by atoms with Crippen LogP contribution >= 0.6 is 11.6 Å². The molecule has 3 rings (SSSR count). The minimum absolute atomic E-state index is 0.0690. The number of anilines is 2. The molecule has 2 nitrogen and oxygen atoms in total. The highest BCUT2D eigenvalue weighted by Gasteiger charge is 2.23. The van der Waals surface area contributed by atoms with E-state index in [1.165, 1.54) is 11.6 Å². The molecule has 0 fully saturated rings. The second kappa shape index (κ2) is 5.66. The van der Waals surface area contributed by atoms with Gasteiger partial charge in [0.2, 0.25) is 0 Å². The number of benzene rings is 2. The standard InChI is InChI=1S/C17H18ClFN2/c1-11(20)8-13-2-4-14(18)9-16(13)21-7-6-12-3-5-15(19)10-17(12)21/h2-5,9-11H,6-8,20H2,1H3. The molecule has 0 aliphatic carbocycles. The second-order valence-corrected chi connectivity index (χ2v) is 6.07. The summed E-state index contributed by atoms with van der Waals surface area (Å²) >= 11 is 6.16. The Morgan fingerprint density at radius 2 is 2.05 bits per heavy atom. The molecule has 1 heterocycles. The zero-order chi connectivity index (χ0) is 15.0. The summed E-state index contributed by atoms with van der Waals surface area (Å²) in [4.78, 5) is 2.14. The van der Waals surface area contributed by atoms with Gasteiger partial charge in [-0.1, -0.05) is 23.7 Å². The lowest BCUT2D eigenvalue weighted by Crippen LogP contribution is -2.21. The van der Waals surface area contributed by atoms with Crippen molar-refractivity contribution in [3.05, 3.63) is 58.4 Å². The van der Waals surface area contributed by atoms with Crippen LogP contribution in [0, 0.1) is 5.82 Å². The van der Waals surface area contributed by atoms with Gasteiger partial charge in [-0.25, -0.2) is 4.39 Å². The molecule has 2 N–H and O–H groups in total. The van der Waals surface area contributed by atoms with Crippen molar-refractivity contribution >= 4 is 23.0 Å². The van der Waals surface area contributed by atoms with Gasteiger partial charge in [0.05, 0.1) is 0 Å². The quantitative estimate of drug-likeness (QED) is 0.926. The van der Waals surface area contributed by atoms with E-state index in [0.29, 0.717) is 5.02 Å². The van der Waals surface area contributed by atoms with E-state index in [-0.39, 0.29) is 11.9 Å². The van der Waals surface area contributed by atoms with Crippen molar-refractivity contribution in [2.24, 2.45) is 5.73 Å². The van der Waals surface area contributed by atoms with E-state index >= 15 is 0 Å².